The van der Waals surface area contributed by atoms with Gasteiger partial charge >= 0.3 is 0 Å². The molecule has 1 aromatic carbocycles. The summed E-state index contributed by atoms with van der Waals surface area (Å²) in [6, 6.07) is 5.12. The molecule has 0 unspecified atom stereocenters. The van der Waals surface area contributed by atoms with Crippen LogP contribution >= 0.6 is 0 Å². The maximum atomic E-state index is 12.5. The first-order chi connectivity index (χ1) is 10.4. The Morgan fingerprint density at radius 2 is 1.95 bits per heavy atom. The Bertz CT molecular complexity index is 745. The van der Waals surface area contributed by atoms with Gasteiger partial charge in [-0.25, -0.2) is 4.68 Å². The molecule has 0 saturated heterocycles. The van der Waals surface area contributed by atoms with Crippen molar-refractivity contribution in [1.29, 1.82) is 0 Å². The Labute approximate surface area is 127 Å². The molecule has 2 amide bonds. The number of aryl methyl sites for hydroxylation is 3. The van der Waals surface area contributed by atoms with Crippen LogP contribution in [0.25, 0.3) is 0 Å². The molecule has 7 heteroatoms. The summed E-state index contributed by atoms with van der Waals surface area (Å²) in [4.78, 5) is 28.4. The van der Waals surface area contributed by atoms with E-state index in [1.165, 1.54) is 4.68 Å². The monoisotopic (exact) mass is 299 g/mol. The van der Waals surface area contributed by atoms with E-state index in [0.717, 1.165) is 11.1 Å². The molecule has 114 valence electrons. The predicted octanol–water partition coefficient (Wildman–Crippen LogP) is 1.73. The summed E-state index contributed by atoms with van der Waals surface area (Å²) >= 11 is 0. The topological polar surface area (TPSA) is 88.9 Å². The molecule has 0 bridgehead atoms. The van der Waals surface area contributed by atoms with Crippen LogP contribution in [0.15, 0.2) is 18.2 Å². The number of hydrogen-bond acceptors (Lipinski definition) is 4. The second-order valence-electron chi connectivity index (χ2n) is 5.56. The molecule has 0 fully saturated rings. The molecule has 2 aromatic rings. The number of aromatic nitrogens is 3. The Morgan fingerprint density at radius 1 is 1.27 bits per heavy atom. The van der Waals surface area contributed by atoms with Gasteiger partial charge in [-0.15, -0.1) is 0 Å². The van der Waals surface area contributed by atoms with Crippen LogP contribution in [-0.4, -0.2) is 26.6 Å². The van der Waals surface area contributed by atoms with E-state index in [0.29, 0.717) is 17.5 Å². The van der Waals surface area contributed by atoms with Crippen molar-refractivity contribution in [3.63, 3.8) is 0 Å². The van der Waals surface area contributed by atoms with Crippen molar-refractivity contribution in [2.45, 2.75) is 33.2 Å². The minimum Gasteiger partial charge on any atom is -0.324 e. The van der Waals surface area contributed by atoms with E-state index >= 15 is 0 Å². The van der Waals surface area contributed by atoms with Gasteiger partial charge in [0.15, 0.2) is 0 Å². The van der Waals surface area contributed by atoms with Crippen molar-refractivity contribution in [2.75, 3.05) is 10.6 Å². The van der Waals surface area contributed by atoms with E-state index in [1.807, 2.05) is 32.0 Å². The summed E-state index contributed by atoms with van der Waals surface area (Å²) in [7, 11) is 0. The number of amides is 2. The number of carbonyl (C=O) groups excluding carboxylic acids is 2. The zero-order valence-corrected chi connectivity index (χ0v) is 12.7. The molecule has 0 aliphatic carbocycles. The highest BCUT2D eigenvalue weighted by Crippen LogP contribution is 2.24. The van der Waals surface area contributed by atoms with E-state index in [9.17, 15) is 9.59 Å². The Kier molecular flexibility index (Phi) is 3.40. The highest BCUT2D eigenvalue weighted by Gasteiger charge is 2.32. The van der Waals surface area contributed by atoms with Crippen molar-refractivity contribution in [1.82, 2.24) is 14.8 Å². The average molecular weight is 299 g/mol. The minimum absolute atomic E-state index is 0.0480. The van der Waals surface area contributed by atoms with Crippen molar-refractivity contribution >= 4 is 23.5 Å². The van der Waals surface area contributed by atoms with Crippen LogP contribution in [0.1, 0.15) is 29.4 Å². The summed E-state index contributed by atoms with van der Waals surface area (Å²) in [6.07, 6.45) is 0.0480. The largest absolute Gasteiger partial charge is 0.324 e. The zero-order chi connectivity index (χ0) is 15.9. The molecule has 2 N–H and O–H groups in total. The van der Waals surface area contributed by atoms with Crippen LogP contribution in [0.3, 0.4) is 0 Å². The van der Waals surface area contributed by atoms with Crippen molar-refractivity contribution in [2.24, 2.45) is 0 Å². The number of hydrogen-bond donors (Lipinski definition) is 2. The second-order valence-corrected chi connectivity index (χ2v) is 5.56. The van der Waals surface area contributed by atoms with Crippen molar-refractivity contribution in [3.05, 3.63) is 35.2 Å². The summed E-state index contributed by atoms with van der Waals surface area (Å²) in [5.41, 5.74) is 2.84. The lowest BCUT2D eigenvalue weighted by Gasteiger charge is -2.22. The molecule has 7 nitrogen and oxygen atoms in total. The average Bonchev–Trinajstić information content (AvgIpc) is 2.76. The summed E-state index contributed by atoms with van der Waals surface area (Å²) < 4.78 is 1.47. The van der Waals surface area contributed by atoms with Gasteiger partial charge in [-0.2, -0.15) is 10.1 Å². The molecular formula is C15H17N5O2. The lowest BCUT2D eigenvalue weighted by molar-refractivity contribution is -0.125. The fourth-order valence-corrected chi connectivity index (χ4v) is 2.65. The third-order valence-corrected chi connectivity index (χ3v) is 3.45. The standard InChI is InChI=1S/C15H17N5O2/c1-8-4-9(2)6-11(5-8)17-14(22)12-7-13(21)18-15-16-10(3)19-20(12)15/h4-6,12H,7H2,1-3H3,(H,17,22)(H,16,18,19,21)/t12-/m0/s1. The molecule has 1 aliphatic heterocycles. The number of nitrogens with one attached hydrogen (secondary N) is 2. The normalized spacial score (nSPS) is 16.9. The molecule has 3 rings (SSSR count). The molecular weight excluding hydrogens is 282 g/mol. The quantitative estimate of drug-likeness (QED) is 0.883. The minimum atomic E-state index is -0.689. The summed E-state index contributed by atoms with van der Waals surface area (Å²) in [5, 5.41) is 9.67. The number of carbonyl (C=O) groups is 2. The van der Waals surface area contributed by atoms with E-state index in [-0.39, 0.29) is 18.2 Å². The lowest BCUT2D eigenvalue weighted by atomic mass is 10.1. The second kappa shape index (κ2) is 5.25. The van der Waals surface area contributed by atoms with Gasteiger partial charge in [0.05, 0.1) is 6.42 Å². The van der Waals surface area contributed by atoms with Crippen LogP contribution in [0.5, 0.6) is 0 Å². The Morgan fingerprint density at radius 3 is 2.64 bits per heavy atom. The molecule has 22 heavy (non-hydrogen) atoms. The molecule has 0 radical (unpaired) electrons. The first-order valence-corrected chi connectivity index (χ1v) is 7.04. The van der Waals surface area contributed by atoms with Gasteiger partial charge in [-0.05, 0) is 44.0 Å². The predicted molar refractivity (Wildman–Crippen MR) is 81.6 cm³/mol. The van der Waals surface area contributed by atoms with E-state index in [4.69, 9.17) is 0 Å². The summed E-state index contributed by atoms with van der Waals surface area (Å²) in [5.74, 6) is 0.321. The van der Waals surface area contributed by atoms with Gasteiger partial charge in [0.1, 0.15) is 11.9 Å². The SMILES string of the molecule is Cc1cc(C)cc(NC(=O)[C@@H]2CC(=O)Nc3nc(C)nn32)c1. The molecule has 1 atom stereocenters. The zero-order valence-electron chi connectivity index (χ0n) is 12.7. The third-order valence-electron chi connectivity index (χ3n) is 3.45. The number of anilines is 2. The third kappa shape index (κ3) is 2.69. The van der Waals surface area contributed by atoms with Gasteiger partial charge in [-0.1, -0.05) is 6.07 Å². The number of rotatable bonds is 2. The number of benzene rings is 1. The van der Waals surface area contributed by atoms with Crippen molar-refractivity contribution < 1.29 is 9.59 Å². The van der Waals surface area contributed by atoms with E-state index < -0.39 is 6.04 Å². The van der Waals surface area contributed by atoms with Gasteiger partial charge in [-0.3, -0.25) is 14.9 Å². The maximum absolute atomic E-state index is 12.5. The Hall–Kier alpha value is -2.70. The van der Waals surface area contributed by atoms with Crippen LogP contribution < -0.4 is 10.6 Å². The molecule has 1 aliphatic rings. The van der Waals surface area contributed by atoms with Gasteiger partial charge in [0, 0.05) is 5.69 Å². The van der Waals surface area contributed by atoms with Crippen LogP contribution in [0, 0.1) is 20.8 Å². The number of fused-ring (bicyclic) bond motifs is 1. The summed E-state index contributed by atoms with van der Waals surface area (Å²) in [6.45, 7) is 5.65. The van der Waals surface area contributed by atoms with Gasteiger partial charge < -0.3 is 5.32 Å². The lowest BCUT2D eigenvalue weighted by Crippen LogP contribution is -2.36. The highest BCUT2D eigenvalue weighted by atomic mass is 16.2. The highest BCUT2D eigenvalue weighted by molar-refractivity contribution is 6.00. The first kappa shape index (κ1) is 14.2. The molecule has 2 heterocycles. The Balaban J connectivity index is 1.87. The van der Waals surface area contributed by atoms with E-state index in [1.54, 1.807) is 6.92 Å². The maximum Gasteiger partial charge on any atom is 0.249 e. The van der Waals surface area contributed by atoms with Crippen LogP contribution in [-0.2, 0) is 9.59 Å². The van der Waals surface area contributed by atoms with Crippen molar-refractivity contribution in [3.8, 4) is 0 Å². The van der Waals surface area contributed by atoms with Gasteiger partial charge in [0.2, 0.25) is 17.8 Å². The smallest absolute Gasteiger partial charge is 0.249 e. The fourth-order valence-electron chi connectivity index (χ4n) is 2.65. The molecule has 0 saturated carbocycles. The number of nitrogens with zero attached hydrogens (tertiary/aromatic N) is 3. The molecule has 0 spiro atoms. The first-order valence-electron chi connectivity index (χ1n) is 7.04. The van der Waals surface area contributed by atoms with Crippen LogP contribution in [0.4, 0.5) is 11.6 Å². The van der Waals surface area contributed by atoms with Gasteiger partial charge in [0.25, 0.3) is 0 Å². The van der Waals surface area contributed by atoms with Crippen LogP contribution in [0.2, 0.25) is 0 Å². The van der Waals surface area contributed by atoms with E-state index in [2.05, 4.69) is 20.7 Å². The fraction of sp³-hybridized carbons (Fsp3) is 0.333. The molecule has 1 aromatic heterocycles.